The van der Waals surface area contributed by atoms with Gasteiger partial charge < -0.3 is 15.7 Å². The Bertz CT molecular complexity index is 444. The highest BCUT2D eigenvalue weighted by atomic mass is 16.3. The lowest BCUT2D eigenvalue weighted by molar-refractivity contribution is -0.119. The Hall–Kier alpha value is -1.55. The van der Waals surface area contributed by atoms with Crippen molar-refractivity contribution < 1.29 is 9.90 Å². The van der Waals surface area contributed by atoms with Crippen molar-refractivity contribution >= 4 is 11.6 Å². The van der Waals surface area contributed by atoms with Crippen LogP contribution in [0.25, 0.3) is 0 Å². The molecule has 1 rings (SSSR count). The molecule has 1 amide bonds. The fourth-order valence-electron chi connectivity index (χ4n) is 1.92. The first-order valence-electron chi connectivity index (χ1n) is 6.72. The van der Waals surface area contributed by atoms with E-state index in [0.29, 0.717) is 13.0 Å². The summed E-state index contributed by atoms with van der Waals surface area (Å²) >= 11 is 0. The summed E-state index contributed by atoms with van der Waals surface area (Å²) in [7, 11) is 0. The van der Waals surface area contributed by atoms with Crippen molar-refractivity contribution in [1.29, 1.82) is 0 Å². The monoisotopic (exact) mass is 264 g/mol. The molecule has 1 unspecified atom stereocenters. The molecule has 4 heteroatoms. The van der Waals surface area contributed by atoms with Crippen molar-refractivity contribution in [1.82, 2.24) is 0 Å². The number of rotatable bonds is 5. The number of nitrogens with two attached hydrogens (primary N) is 1. The van der Waals surface area contributed by atoms with Crippen LogP contribution in [0.4, 0.5) is 5.69 Å². The minimum Gasteiger partial charge on any atom is -0.508 e. The van der Waals surface area contributed by atoms with Gasteiger partial charge in [0.1, 0.15) is 5.75 Å². The van der Waals surface area contributed by atoms with E-state index >= 15 is 0 Å². The first-order chi connectivity index (χ1) is 8.86. The van der Waals surface area contributed by atoms with E-state index in [-0.39, 0.29) is 23.6 Å². The summed E-state index contributed by atoms with van der Waals surface area (Å²) in [6.45, 7) is 8.42. The second kappa shape index (κ2) is 6.57. The van der Waals surface area contributed by atoms with E-state index in [2.05, 4.69) is 0 Å². The van der Waals surface area contributed by atoms with Crippen molar-refractivity contribution in [3.05, 3.63) is 23.8 Å². The zero-order valence-electron chi connectivity index (χ0n) is 12.2. The Morgan fingerprint density at radius 1 is 1.42 bits per heavy atom. The number of hydrogen-bond acceptors (Lipinski definition) is 3. The maximum atomic E-state index is 12.3. The number of phenolic OH excluding ortho intramolecular Hbond substituents is 1. The van der Waals surface area contributed by atoms with Crippen LogP contribution in [0.5, 0.6) is 5.75 Å². The molecule has 0 radical (unpaired) electrons. The van der Waals surface area contributed by atoms with Gasteiger partial charge >= 0.3 is 0 Å². The number of aromatic hydroxyl groups is 1. The molecule has 1 aromatic rings. The summed E-state index contributed by atoms with van der Waals surface area (Å²) in [5.74, 6) is 0.435. The lowest BCUT2D eigenvalue weighted by Crippen LogP contribution is -2.38. The van der Waals surface area contributed by atoms with E-state index in [0.717, 1.165) is 11.3 Å². The number of anilines is 1. The molecule has 0 saturated carbocycles. The molecule has 0 saturated heterocycles. The van der Waals surface area contributed by atoms with Gasteiger partial charge in [0.15, 0.2) is 0 Å². The third-order valence-corrected chi connectivity index (χ3v) is 3.37. The molecule has 106 valence electrons. The van der Waals surface area contributed by atoms with Gasteiger partial charge in [-0.05, 0) is 31.4 Å². The fraction of sp³-hybridized carbons (Fsp3) is 0.533. The number of hydrogen-bond donors (Lipinski definition) is 2. The largest absolute Gasteiger partial charge is 0.508 e. The van der Waals surface area contributed by atoms with Gasteiger partial charge in [0, 0.05) is 25.1 Å². The zero-order valence-corrected chi connectivity index (χ0v) is 12.2. The van der Waals surface area contributed by atoms with Gasteiger partial charge in [-0.15, -0.1) is 0 Å². The summed E-state index contributed by atoms with van der Waals surface area (Å²) in [5, 5.41) is 9.57. The highest BCUT2D eigenvalue weighted by molar-refractivity contribution is 5.94. The highest BCUT2D eigenvalue weighted by Crippen LogP contribution is 2.25. The van der Waals surface area contributed by atoms with Crippen molar-refractivity contribution in [2.75, 3.05) is 11.4 Å². The van der Waals surface area contributed by atoms with Crippen molar-refractivity contribution in [3.8, 4) is 5.75 Å². The predicted octanol–water partition coefficient (Wildman–Crippen LogP) is 2.43. The predicted molar refractivity (Wildman–Crippen MR) is 78.3 cm³/mol. The van der Waals surface area contributed by atoms with Gasteiger partial charge in [-0.25, -0.2) is 0 Å². The van der Waals surface area contributed by atoms with Gasteiger partial charge in [0.25, 0.3) is 0 Å². The van der Waals surface area contributed by atoms with E-state index in [1.54, 1.807) is 17.0 Å². The maximum Gasteiger partial charge on any atom is 0.228 e. The van der Waals surface area contributed by atoms with Gasteiger partial charge in [0.2, 0.25) is 5.91 Å². The minimum atomic E-state index is -0.140. The molecule has 0 aliphatic carbocycles. The van der Waals surface area contributed by atoms with Gasteiger partial charge in [-0.3, -0.25) is 4.79 Å². The number of amides is 1. The molecule has 3 N–H and O–H groups in total. The Labute approximate surface area is 115 Å². The Morgan fingerprint density at radius 3 is 2.58 bits per heavy atom. The number of nitrogens with zero attached hydrogens (tertiary/aromatic N) is 1. The first-order valence-corrected chi connectivity index (χ1v) is 6.72. The molecular weight excluding hydrogens is 240 g/mol. The van der Waals surface area contributed by atoms with Crippen LogP contribution in [-0.4, -0.2) is 23.6 Å². The molecule has 1 atom stereocenters. The number of aryl methyl sites for hydroxylation is 1. The van der Waals surface area contributed by atoms with Crippen molar-refractivity contribution in [2.45, 2.75) is 40.2 Å². The van der Waals surface area contributed by atoms with Crippen LogP contribution < -0.4 is 10.6 Å². The first kappa shape index (κ1) is 15.5. The number of carbonyl (C=O) groups is 1. The standard InChI is InChI=1S/C15H24N2O2/c1-5-17(15(19)9-13(16)10(2)3)14-8-12(18)7-6-11(14)4/h6-8,10,13,18H,5,9,16H2,1-4H3. The van der Waals surface area contributed by atoms with Crippen LogP contribution in [0.15, 0.2) is 18.2 Å². The van der Waals surface area contributed by atoms with E-state index in [4.69, 9.17) is 5.73 Å². The van der Waals surface area contributed by atoms with Crippen molar-refractivity contribution in [2.24, 2.45) is 11.7 Å². The average Bonchev–Trinajstić information content (AvgIpc) is 2.34. The molecule has 0 aliphatic rings. The summed E-state index contributed by atoms with van der Waals surface area (Å²) in [5.41, 5.74) is 7.68. The Kier molecular flexibility index (Phi) is 5.36. The zero-order chi connectivity index (χ0) is 14.6. The lowest BCUT2D eigenvalue weighted by Gasteiger charge is -2.25. The van der Waals surface area contributed by atoms with E-state index in [1.807, 2.05) is 33.8 Å². The second-order valence-electron chi connectivity index (χ2n) is 5.22. The fourth-order valence-corrected chi connectivity index (χ4v) is 1.92. The van der Waals surface area contributed by atoms with Crippen LogP contribution in [0.1, 0.15) is 32.8 Å². The summed E-state index contributed by atoms with van der Waals surface area (Å²) in [4.78, 5) is 14.0. The smallest absolute Gasteiger partial charge is 0.228 e. The molecule has 0 aromatic heterocycles. The van der Waals surface area contributed by atoms with E-state index in [9.17, 15) is 9.90 Å². The van der Waals surface area contributed by atoms with Gasteiger partial charge in [0.05, 0.1) is 5.69 Å². The van der Waals surface area contributed by atoms with Crippen LogP contribution in [0.3, 0.4) is 0 Å². The third-order valence-electron chi connectivity index (χ3n) is 3.37. The third kappa shape index (κ3) is 3.96. The van der Waals surface area contributed by atoms with E-state index in [1.165, 1.54) is 0 Å². The summed E-state index contributed by atoms with van der Waals surface area (Å²) < 4.78 is 0. The average molecular weight is 264 g/mol. The molecule has 0 bridgehead atoms. The lowest BCUT2D eigenvalue weighted by atomic mass is 10.0. The van der Waals surface area contributed by atoms with Crippen LogP contribution in [0.2, 0.25) is 0 Å². The normalized spacial score (nSPS) is 12.5. The number of carbonyl (C=O) groups excluding carboxylic acids is 1. The number of phenols is 1. The maximum absolute atomic E-state index is 12.3. The highest BCUT2D eigenvalue weighted by Gasteiger charge is 2.20. The van der Waals surface area contributed by atoms with Crippen molar-refractivity contribution in [3.63, 3.8) is 0 Å². The van der Waals surface area contributed by atoms with Gasteiger partial charge in [-0.1, -0.05) is 19.9 Å². The molecule has 4 nitrogen and oxygen atoms in total. The Morgan fingerprint density at radius 2 is 2.05 bits per heavy atom. The SMILES string of the molecule is CCN(C(=O)CC(N)C(C)C)c1cc(O)ccc1C. The Balaban J connectivity index is 2.94. The molecule has 0 aliphatic heterocycles. The van der Waals surface area contributed by atoms with Crippen LogP contribution in [0, 0.1) is 12.8 Å². The summed E-state index contributed by atoms with van der Waals surface area (Å²) in [6.07, 6.45) is 0.320. The van der Waals surface area contributed by atoms with Crippen LogP contribution >= 0.6 is 0 Å². The van der Waals surface area contributed by atoms with E-state index < -0.39 is 0 Å². The molecule has 1 aromatic carbocycles. The number of benzene rings is 1. The van der Waals surface area contributed by atoms with Crippen LogP contribution in [-0.2, 0) is 4.79 Å². The van der Waals surface area contributed by atoms with Gasteiger partial charge in [-0.2, -0.15) is 0 Å². The molecule has 0 fully saturated rings. The molecular formula is C15H24N2O2. The second-order valence-corrected chi connectivity index (χ2v) is 5.22. The molecule has 0 spiro atoms. The minimum absolute atomic E-state index is 0.00241. The summed E-state index contributed by atoms with van der Waals surface area (Å²) in [6, 6.07) is 4.91. The topological polar surface area (TPSA) is 66.6 Å². The quantitative estimate of drug-likeness (QED) is 0.858. The molecule has 0 heterocycles. The molecule has 19 heavy (non-hydrogen) atoms.